The van der Waals surface area contributed by atoms with Crippen molar-refractivity contribution < 1.29 is 9.59 Å². The fraction of sp³-hybridized carbons (Fsp3) is 0.217. The zero-order valence-electron chi connectivity index (χ0n) is 17.0. The van der Waals surface area contributed by atoms with E-state index in [0.29, 0.717) is 35.2 Å². The van der Waals surface area contributed by atoms with E-state index in [1.54, 1.807) is 52.7 Å². The average molecular weight is 468 g/mol. The van der Waals surface area contributed by atoms with Crippen molar-refractivity contribution in [1.29, 1.82) is 0 Å². The molecule has 9 heteroatoms. The Morgan fingerprint density at radius 2 is 1.97 bits per heavy atom. The number of hydrogen-bond donors (Lipinski definition) is 1. The van der Waals surface area contributed by atoms with E-state index in [4.69, 9.17) is 23.2 Å². The standard InChI is InChI=1S/C23H19Cl2N5O2/c24-15-3-4-19-14(8-15)5-7-30(22(19)31)18-9-16(10-26-11-18)28-17-12-29(13-17)23(32)21-20(25)2-1-6-27-21/h1-4,6,8-11,17,28H,5,7,12-13H2. The maximum atomic E-state index is 13.0. The maximum absolute atomic E-state index is 13.0. The van der Waals surface area contributed by atoms with Crippen LogP contribution in [0.4, 0.5) is 11.4 Å². The van der Waals surface area contributed by atoms with Gasteiger partial charge in [-0.25, -0.2) is 4.98 Å². The lowest BCUT2D eigenvalue weighted by Crippen LogP contribution is -2.57. The van der Waals surface area contributed by atoms with Crippen LogP contribution < -0.4 is 10.2 Å². The summed E-state index contributed by atoms with van der Waals surface area (Å²) >= 11 is 12.1. The number of likely N-dealkylation sites (tertiary alicyclic amines) is 1. The molecule has 5 rings (SSSR count). The van der Waals surface area contributed by atoms with Crippen molar-refractivity contribution in [3.63, 3.8) is 0 Å². The Morgan fingerprint density at radius 1 is 1.12 bits per heavy atom. The lowest BCUT2D eigenvalue weighted by Gasteiger charge is -2.40. The smallest absolute Gasteiger partial charge is 0.274 e. The summed E-state index contributed by atoms with van der Waals surface area (Å²) in [6.07, 6.45) is 5.69. The van der Waals surface area contributed by atoms with Gasteiger partial charge in [0.25, 0.3) is 11.8 Å². The molecule has 3 aromatic rings. The number of halogens is 2. The molecule has 1 fully saturated rings. The first-order valence-corrected chi connectivity index (χ1v) is 11.0. The number of rotatable bonds is 4. The van der Waals surface area contributed by atoms with Gasteiger partial charge in [0, 0.05) is 36.4 Å². The molecule has 1 aromatic carbocycles. The molecule has 162 valence electrons. The van der Waals surface area contributed by atoms with Crippen molar-refractivity contribution in [2.45, 2.75) is 12.5 Å². The number of nitrogens with one attached hydrogen (secondary N) is 1. The van der Waals surface area contributed by atoms with E-state index in [-0.39, 0.29) is 23.6 Å². The minimum Gasteiger partial charge on any atom is -0.377 e. The molecule has 0 spiro atoms. The molecule has 1 N–H and O–H groups in total. The summed E-state index contributed by atoms with van der Waals surface area (Å²) in [6, 6.07) is 10.7. The van der Waals surface area contributed by atoms with E-state index >= 15 is 0 Å². The minimum absolute atomic E-state index is 0.0606. The first kappa shape index (κ1) is 20.7. The summed E-state index contributed by atoms with van der Waals surface area (Å²) in [6.45, 7) is 1.63. The SMILES string of the molecule is O=C(c1ncccc1Cl)N1CC(Nc2cncc(N3CCc4cc(Cl)ccc4C3=O)c2)C1. The van der Waals surface area contributed by atoms with Crippen molar-refractivity contribution in [1.82, 2.24) is 14.9 Å². The monoisotopic (exact) mass is 467 g/mol. The van der Waals surface area contributed by atoms with Gasteiger partial charge in [-0.3, -0.25) is 14.6 Å². The van der Waals surface area contributed by atoms with Crippen LogP contribution in [0.1, 0.15) is 26.4 Å². The molecule has 1 saturated heterocycles. The van der Waals surface area contributed by atoms with Gasteiger partial charge in [0.1, 0.15) is 5.69 Å². The Kier molecular flexibility index (Phi) is 5.45. The zero-order valence-corrected chi connectivity index (χ0v) is 18.5. The normalized spacial score (nSPS) is 15.9. The average Bonchev–Trinajstić information content (AvgIpc) is 2.76. The number of nitrogens with zero attached hydrogens (tertiary/aromatic N) is 4. The van der Waals surface area contributed by atoms with Gasteiger partial charge in [0.05, 0.1) is 34.8 Å². The lowest BCUT2D eigenvalue weighted by atomic mass is 9.99. The summed E-state index contributed by atoms with van der Waals surface area (Å²) in [5, 5.41) is 4.37. The molecular weight excluding hydrogens is 449 g/mol. The molecule has 0 radical (unpaired) electrons. The molecule has 7 nitrogen and oxygen atoms in total. The first-order valence-electron chi connectivity index (χ1n) is 10.2. The third-order valence-electron chi connectivity index (χ3n) is 5.68. The molecule has 0 atom stereocenters. The second-order valence-electron chi connectivity index (χ2n) is 7.83. The third kappa shape index (κ3) is 3.89. The maximum Gasteiger partial charge on any atom is 0.274 e. The summed E-state index contributed by atoms with van der Waals surface area (Å²) in [5.41, 5.74) is 3.42. The van der Waals surface area contributed by atoms with Gasteiger partial charge >= 0.3 is 0 Å². The summed E-state index contributed by atoms with van der Waals surface area (Å²) in [7, 11) is 0. The Balaban J connectivity index is 1.24. The second-order valence-corrected chi connectivity index (χ2v) is 8.67. The van der Waals surface area contributed by atoms with Gasteiger partial charge in [-0.1, -0.05) is 23.2 Å². The lowest BCUT2D eigenvalue weighted by molar-refractivity contribution is 0.0619. The molecule has 0 aliphatic carbocycles. The Labute approximate surface area is 195 Å². The van der Waals surface area contributed by atoms with Crippen LogP contribution in [0, 0.1) is 0 Å². The number of carbonyl (C=O) groups excluding carboxylic acids is 2. The molecular formula is C23H19Cl2N5O2. The number of amides is 2. The highest BCUT2D eigenvalue weighted by Crippen LogP contribution is 2.28. The van der Waals surface area contributed by atoms with E-state index < -0.39 is 0 Å². The molecule has 2 aliphatic rings. The van der Waals surface area contributed by atoms with Gasteiger partial charge in [-0.05, 0) is 48.4 Å². The van der Waals surface area contributed by atoms with Crippen LogP contribution >= 0.6 is 23.2 Å². The van der Waals surface area contributed by atoms with E-state index in [2.05, 4.69) is 15.3 Å². The van der Waals surface area contributed by atoms with Crippen LogP contribution in [0.25, 0.3) is 0 Å². The van der Waals surface area contributed by atoms with Crippen molar-refractivity contribution in [2.24, 2.45) is 0 Å². The van der Waals surface area contributed by atoms with Crippen LogP contribution in [-0.4, -0.2) is 52.4 Å². The highest BCUT2D eigenvalue weighted by atomic mass is 35.5. The fourth-order valence-electron chi connectivity index (χ4n) is 4.02. The van der Waals surface area contributed by atoms with E-state index in [9.17, 15) is 9.59 Å². The van der Waals surface area contributed by atoms with Crippen LogP contribution in [0.15, 0.2) is 55.0 Å². The molecule has 0 bridgehead atoms. The molecule has 2 amide bonds. The topological polar surface area (TPSA) is 78.4 Å². The van der Waals surface area contributed by atoms with Crippen molar-refractivity contribution in [3.05, 3.63) is 81.9 Å². The van der Waals surface area contributed by atoms with Crippen molar-refractivity contribution >= 4 is 46.4 Å². The molecule has 4 heterocycles. The molecule has 0 unspecified atom stereocenters. The summed E-state index contributed by atoms with van der Waals surface area (Å²) < 4.78 is 0. The minimum atomic E-state index is -0.182. The van der Waals surface area contributed by atoms with E-state index in [0.717, 1.165) is 23.4 Å². The molecule has 2 aliphatic heterocycles. The van der Waals surface area contributed by atoms with Gasteiger partial charge in [-0.2, -0.15) is 0 Å². The van der Waals surface area contributed by atoms with Gasteiger partial charge in [0.2, 0.25) is 0 Å². The fourth-order valence-corrected chi connectivity index (χ4v) is 4.42. The van der Waals surface area contributed by atoms with Gasteiger partial charge in [-0.15, -0.1) is 0 Å². The highest BCUT2D eigenvalue weighted by molar-refractivity contribution is 6.33. The highest BCUT2D eigenvalue weighted by Gasteiger charge is 2.33. The number of pyridine rings is 2. The molecule has 2 aromatic heterocycles. The quantitative estimate of drug-likeness (QED) is 0.628. The van der Waals surface area contributed by atoms with E-state index in [1.807, 2.05) is 12.1 Å². The Bertz CT molecular complexity index is 1210. The molecule has 32 heavy (non-hydrogen) atoms. The number of carbonyl (C=O) groups is 2. The number of aromatic nitrogens is 2. The van der Waals surface area contributed by atoms with Gasteiger partial charge in [0.15, 0.2) is 0 Å². The van der Waals surface area contributed by atoms with Crippen LogP contribution in [-0.2, 0) is 6.42 Å². The predicted molar refractivity (Wildman–Crippen MR) is 124 cm³/mol. The van der Waals surface area contributed by atoms with Gasteiger partial charge < -0.3 is 15.1 Å². The largest absolute Gasteiger partial charge is 0.377 e. The Hall–Kier alpha value is -3.16. The van der Waals surface area contributed by atoms with Crippen molar-refractivity contribution in [3.8, 4) is 0 Å². The van der Waals surface area contributed by atoms with Crippen LogP contribution in [0.3, 0.4) is 0 Å². The number of fused-ring (bicyclic) bond motifs is 1. The third-order valence-corrected chi connectivity index (χ3v) is 6.22. The number of hydrogen-bond acceptors (Lipinski definition) is 5. The number of anilines is 2. The van der Waals surface area contributed by atoms with Crippen LogP contribution in [0.5, 0.6) is 0 Å². The predicted octanol–water partition coefficient (Wildman–Crippen LogP) is 3.92. The van der Waals surface area contributed by atoms with Crippen LogP contribution in [0.2, 0.25) is 10.0 Å². The summed E-state index contributed by atoms with van der Waals surface area (Å²) in [5.74, 6) is -0.243. The van der Waals surface area contributed by atoms with Crippen molar-refractivity contribution in [2.75, 3.05) is 29.9 Å². The Morgan fingerprint density at radius 3 is 2.78 bits per heavy atom. The number of benzene rings is 1. The van der Waals surface area contributed by atoms with E-state index in [1.165, 1.54) is 0 Å². The first-order chi connectivity index (χ1) is 15.5. The summed E-state index contributed by atoms with van der Waals surface area (Å²) in [4.78, 5) is 37.3. The second kappa shape index (κ2) is 8.41. The molecule has 0 saturated carbocycles. The zero-order chi connectivity index (χ0) is 22.2.